The average Bonchev–Trinajstić information content (AvgIpc) is 2.63. The van der Waals surface area contributed by atoms with E-state index in [0.29, 0.717) is 6.61 Å². The number of pyridine rings is 1. The number of fused-ring (bicyclic) bond motifs is 2. The third-order valence-electron chi connectivity index (χ3n) is 4.39. The van der Waals surface area contributed by atoms with Crippen LogP contribution in [0.2, 0.25) is 0 Å². The second-order valence-electron chi connectivity index (χ2n) is 5.79. The molecule has 0 aliphatic heterocycles. The zero-order valence-corrected chi connectivity index (χ0v) is 15.0. The van der Waals surface area contributed by atoms with Crippen molar-refractivity contribution in [1.82, 2.24) is 0 Å². The van der Waals surface area contributed by atoms with Crippen LogP contribution in [0.4, 0.5) is 0 Å². The summed E-state index contributed by atoms with van der Waals surface area (Å²) in [5.74, 6) is 0.860. The number of hydrogen-bond acceptors (Lipinski definition) is 1. The molecule has 4 rings (SSSR count). The topological polar surface area (TPSA) is 13.1 Å². The first kappa shape index (κ1) is 15.2. The van der Waals surface area contributed by atoms with Crippen molar-refractivity contribution in [2.24, 2.45) is 7.05 Å². The summed E-state index contributed by atoms with van der Waals surface area (Å²) in [6, 6.07) is 24.9. The minimum atomic E-state index is 0.532. The van der Waals surface area contributed by atoms with E-state index in [1.807, 2.05) is 24.3 Å². The fourth-order valence-electron chi connectivity index (χ4n) is 3.18. The number of benzene rings is 3. The van der Waals surface area contributed by atoms with Gasteiger partial charge in [-0.1, -0.05) is 36.4 Å². The fourth-order valence-corrected chi connectivity index (χ4v) is 3.58. The third kappa shape index (κ3) is 2.55. The van der Waals surface area contributed by atoms with Gasteiger partial charge in [0.15, 0.2) is 0 Å². The molecule has 0 bridgehead atoms. The van der Waals surface area contributed by atoms with Crippen molar-refractivity contribution >= 4 is 37.7 Å². The summed E-state index contributed by atoms with van der Waals surface area (Å²) in [5.41, 5.74) is 3.64. The van der Waals surface area contributed by atoms with Crippen LogP contribution < -0.4 is 9.30 Å². The predicted molar refractivity (Wildman–Crippen MR) is 101 cm³/mol. The third-order valence-corrected chi connectivity index (χ3v) is 5.04. The second-order valence-corrected chi connectivity index (χ2v) is 6.65. The Morgan fingerprint density at radius 2 is 1.33 bits per heavy atom. The molecule has 0 radical (unpaired) electrons. The Bertz CT molecular complexity index is 985. The first-order valence-corrected chi connectivity index (χ1v) is 8.70. The summed E-state index contributed by atoms with van der Waals surface area (Å²) in [6.45, 7) is 0.532. The zero-order valence-electron chi connectivity index (χ0n) is 13.4. The van der Waals surface area contributed by atoms with Crippen LogP contribution >= 0.6 is 15.9 Å². The summed E-state index contributed by atoms with van der Waals surface area (Å²) in [4.78, 5) is 0. The van der Waals surface area contributed by atoms with E-state index >= 15 is 0 Å². The van der Waals surface area contributed by atoms with Gasteiger partial charge in [-0.2, -0.15) is 4.57 Å². The molecule has 3 aromatic carbocycles. The molecule has 1 heterocycles. The van der Waals surface area contributed by atoms with Gasteiger partial charge in [0.25, 0.3) is 0 Å². The van der Waals surface area contributed by atoms with E-state index in [9.17, 15) is 0 Å². The number of halogens is 1. The molecule has 0 saturated heterocycles. The van der Waals surface area contributed by atoms with E-state index in [2.05, 4.69) is 76.1 Å². The SMILES string of the molecule is C[n+]1c2ccccc2c(COc2ccccc2Br)c2ccccc21. The molecule has 118 valence electrons. The lowest BCUT2D eigenvalue weighted by molar-refractivity contribution is -0.617. The number of para-hydroxylation sites is 3. The first-order valence-electron chi connectivity index (χ1n) is 7.91. The summed E-state index contributed by atoms with van der Waals surface area (Å²) >= 11 is 3.55. The average molecular weight is 379 g/mol. The molecule has 3 heteroatoms. The Balaban J connectivity index is 1.89. The summed E-state index contributed by atoms with van der Waals surface area (Å²) in [5, 5.41) is 2.46. The van der Waals surface area contributed by atoms with Gasteiger partial charge in [-0.15, -0.1) is 0 Å². The van der Waals surface area contributed by atoms with Crippen LogP contribution in [0.5, 0.6) is 5.75 Å². The van der Waals surface area contributed by atoms with Crippen molar-refractivity contribution in [3.05, 3.63) is 82.8 Å². The standard InChI is InChI=1S/C21H17BrNO/c1-23-19-11-5-2-8-15(19)17(16-9-3-6-12-20(16)23)14-24-21-13-7-4-10-18(21)22/h2-13H,14H2,1H3/q+1. The normalized spacial score (nSPS) is 11.1. The van der Waals surface area contributed by atoms with E-state index in [-0.39, 0.29) is 0 Å². The van der Waals surface area contributed by atoms with Gasteiger partial charge in [0.2, 0.25) is 11.0 Å². The van der Waals surface area contributed by atoms with Gasteiger partial charge in [0.1, 0.15) is 19.4 Å². The molecule has 2 nitrogen and oxygen atoms in total. The van der Waals surface area contributed by atoms with Crippen molar-refractivity contribution in [1.29, 1.82) is 0 Å². The van der Waals surface area contributed by atoms with Crippen molar-refractivity contribution in [3.63, 3.8) is 0 Å². The smallest absolute Gasteiger partial charge is 0.213 e. The molecule has 0 unspecified atom stereocenters. The monoisotopic (exact) mass is 378 g/mol. The van der Waals surface area contributed by atoms with Crippen molar-refractivity contribution in [2.75, 3.05) is 0 Å². The highest BCUT2D eigenvalue weighted by molar-refractivity contribution is 9.10. The van der Waals surface area contributed by atoms with E-state index in [1.54, 1.807) is 0 Å². The van der Waals surface area contributed by atoms with Crippen LogP contribution in [-0.2, 0) is 13.7 Å². The summed E-state index contributed by atoms with van der Waals surface area (Å²) in [7, 11) is 2.11. The van der Waals surface area contributed by atoms with Crippen molar-refractivity contribution < 1.29 is 9.30 Å². The van der Waals surface area contributed by atoms with E-state index in [0.717, 1.165) is 10.2 Å². The first-order chi connectivity index (χ1) is 11.8. The van der Waals surface area contributed by atoms with E-state index in [1.165, 1.54) is 27.4 Å². The van der Waals surface area contributed by atoms with Crippen LogP contribution in [0.25, 0.3) is 21.8 Å². The molecule has 1 aromatic heterocycles. The maximum Gasteiger partial charge on any atom is 0.213 e. The van der Waals surface area contributed by atoms with Crippen LogP contribution in [0.1, 0.15) is 5.56 Å². The van der Waals surface area contributed by atoms with E-state index < -0.39 is 0 Å². The maximum absolute atomic E-state index is 6.12. The summed E-state index contributed by atoms with van der Waals surface area (Å²) in [6.07, 6.45) is 0. The van der Waals surface area contributed by atoms with Gasteiger partial charge in [-0.05, 0) is 40.2 Å². The molecular formula is C21H17BrNO+. The predicted octanol–water partition coefficient (Wildman–Crippen LogP) is 5.16. The molecule has 0 fully saturated rings. The molecular weight excluding hydrogens is 362 g/mol. The van der Waals surface area contributed by atoms with Crippen LogP contribution in [0.15, 0.2) is 77.3 Å². The lowest BCUT2D eigenvalue weighted by atomic mass is 10.0. The molecule has 0 aliphatic carbocycles. The van der Waals surface area contributed by atoms with Crippen LogP contribution in [-0.4, -0.2) is 0 Å². The van der Waals surface area contributed by atoms with Gasteiger partial charge < -0.3 is 4.74 Å². The quantitative estimate of drug-likeness (QED) is 0.354. The molecule has 0 atom stereocenters. The highest BCUT2D eigenvalue weighted by Crippen LogP contribution is 2.28. The van der Waals surface area contributed by atoms with Gasteiger partial charge in [0.05, 0.1) is 15.2 Å². The Kier molecular flexibility index (Phi) is 3.95. The Morgan fingerprint density at radius 3 is 1.96 bits per heavy atom. The summed E-state index contributed by atoms with van der Waals surface area (Å²) < 4.78 is 9.34. The Morgan fingerprint density at radius 1 is 0.792 bits per heavy atom. The second kappa shape index (κ2) is 6.25. The number of nitrogens with zero attached hydrogens (tertiary/aromatic N) is 1. The Hall–Kier alpha value is -2.39. The highest BCUT2D eigenvalue weighted by Gasteiger charge is 2.17. The zero-order chi connectivity index (χ0) is 16.5. The lowest BCUT2D eigenvalue weighted by Crippen LogP contribution is -2.30. The molecule has 0 N–H and O–H groups in total. The fraction of sp³-hybridized carbons (Fsp3) is 0.0952. The molecule has 0 amide bonds. The minimum Gasteiger partial charge on any atom is -0.488 e. The number of aryl methyl sites for hydroxylation is 1. The number of hydrogen-bond donors (Lipinski definition) is 0. The minimum absolute atomic E-state index is 0.532. The Labute approximate surface area is 149 Å². The van der Waals surface area contributed by atoms with Gasteiger partial charge in [0, 0.05) is 17.7 Å². The maximum atomic E-state index is 6.12. The van der Waals surface area contributed by atoms with Gasteiger partial charge in [-0.25, -0.2) is 0 Å². The van der Waals surface area contributed by atoms with Gasteiger partial charge in [-0.3, -0.25) is 0 Å². The van der Waals surface area contributed by atoms with Crippen LogP contribution in [0, 0.1) is 0 Å². The molecule has 4 aromatic rings. The highest BCUT2D eigenvalue weighted by atomic mass is 79.9. The number of rotatable bonds is 3. The lowest BCUT2D eigenvalue weighted by Gasteiger charge is -2.12. The van der Waals surface area contributed by atoms with Crippen LogP contribution in [0.3, 0.4) is 0 Å². The van der Waals surface area contributed by atoms with E-state index in [4.69, 9.17) is 4.74 Å². The number of ether oxygens (including phenoxy) is 1. The van der Waals surface area contributed by atoms with Crippen molar-refractivity contribution in [3.8, 4) is 5.75 Å². The molecule has 0 aliphatic rings. The van der Waals surface area contributed by atoms with Crippen molar-refractivity contribution in [2.45, 2.75) is 6.61 Å². The molecule has 0 saturated carbocycles. The largest absolute Gasteiger partial charge is 0.488 e. The molecule has 0 spiro atoms. The number of aromatic nitrogens is 1. The molecule has 24 heavy (non-hydrogen) atoms. The van der Waals surface area contributed by atoms with Gasteiger partial charge >= 0.3 is 0 Å².